The van der Waals surface area contributed by atoms with Gasteiger partial charge in [0.05, 0.1) is 14.2 Å². The van der Waals surface area contributed by atoms with Crippen LogP contribution in [0.1, 0.15) is 34.1 Å². The Hall–Kier alpha value is -4.76. The molecule has 1 aliphatic heterocycles. The number of nitrogens with one attached hydrogen (secondary N) is 2. The van der Waals surface area contributed by atoms with Gasteiger partial charge >= 0.3 is 0 Å². The highest BCUT2D eigenvalue weighted by Crippen LogP contribution is 2.60. The van der Waals surface area contributed by atoms with Crippen LogP contribution in [0.3, 0.4) is 0 Å². The van der Waals surface area contributed by atoms with E-state index in [4.69, 9.17) is 44.9 Å². The van der Waals surface area contributed by atoms with E-state index >= 15 is 4.79 Å². The van der Waals surface area contributed by atoms with Crippen LogP contribution in [0.5, 0.6) is 11.5 Å². The van der Waals surface area contributed by atoms with Gasteiger partial charge in [0.1, 0.15) is 11.5 Å². The van der Waals surface area contributed by atoms with Gasteiger partial charge in [-0.2, -0.15) is 0 Å². The van der Waals surface area contributed by atoms with Crippen molar-refractivity contribution in [3.05, 3.63) is 141 Å². The van der Waals surface area contributed by atoms with Crippen molar-refractivity contribution in [3.8, 4) is 11.5 Å². The van der Waals surface area contributed by atoms with Crippen LogP contribution in [0.25, 0.3) is 12.2 Å². The van der Waals surface area contributed by atoms with Gasteiger partial charge in [0.15, 0.2) is 16.3 Å². The van der Waals surface area contributed by atoms with Crippen molar-refractivity contribution in [3.63, 3.8) is 0 Å². The Morgan fingerprint density at radius 3 is 1.32 bits per heavy atom. The van der Waals surface area contributed by atoms with Gasteiger partial charge in [0.2, 0.25) is 11.8 Å². The largest absolute Gasteiger partial charge is 0.497 e. The molecule has 2 amide bonds. The Morgan fingerprint density at radius 1 is 0.617 bits per heavy atom. The van der Waals surface area contributed by atoms with Gasteiger partial charge in [0, 0.05) is 33.0 Å². The number of ketones is 1. The Bertz CT molecular complexity index is 1800. The first-order valence-corrected chi connectivity index (χ1v) is 15.8. The molecule has 2 unspecified atom stereocenters. The highest BCUT2D eigenvalue weighted by atomic mass is 35.5. The fraction of sp³-hybridized carbons (Fsp3) is 0.135. The molecule has 2 N–H and O–H groups in total. The molecule has 6 rings (SSSR count). The van der Waals surface area contributed by atoms with Crippen LogP contribution >= 0.6 is 35.4 Å². The Labute approximate surface area is 287 Å². The number of methoxy groups -OCH3 is 2. The molecule has 7 nitrogen and oxygen atoms in total. The maximum absolute atomic E-state index is 15.1. The van der Waals surface area contributed by atoms with Gasteiger partial charge < -0.3 is 20.1 Å². The minimum absolute atomic E-state index is 0.115. The predicted octanol–water partition coefficient (Wildman–Crippen LogP) is 7.15. The van der Waals surface area contributed by atoms with E-state index < -0.39 is 29.1 Å². The maximum atomic E-state index is 15.1. The van der Waals surface area contributed by atoms with Crippen molar-refractivity contribution in [1.82, 2.24) is 10.6 Å². The summed E-state index contributed by atoms with van der Waals surface area (Å²) in [5, 5.41) is 6.38. The van der Waals surface area contributed by atoms with Gasteiger partial charge in [-0.3, -0.25) is 14.4 Å². The highest BCUT2D eigenvalue weighted by Gasteiger charge is 2.66. The van der Waals surface area contributed by atoms with Crippen molar-refractivity contribution in [2.75, 3.05) is 14.2 Å². The molecule has 4 aromatic carbocycles. The molecule has 4 aromatic rings. The number of allylic oxidation sites excluding steroid dienone is 2. The molecule has 2 fully saturated rings. The molecule has 1 spiro atoms. The first kappa shape index (κ1) is 32.2. The molecule has 0 bridgehead atoms. The third kappa shape index (κ3) is 5.96. The Morgan fingerprint density at radius 2 is 0.979 bits per heavy atom. The third-order valence-electron chi connectivity index (χ3n) is 8.55. The molecule has 236 valence electrons. The Kier molecular flexibility index (Phi) is 9.01. The second-order valence-corrected chi connectivity index (χ2v) is 12.4. The first-order chi connectivity index (χ1) is 22.6. The van der Waals surface area contributed by atoms with E-state index in [2.05, 4.69) is 10.6 Å². The lowest BCUT2D eigenvalue weighted by atomic mass is 9.51. The molecule has 0 aromatic heterocycles. The van der Waals surface area contributed by atoms with Gasteiger partial charge in [-0.1, -0.05) is 71.7 Å². The zero-order chi connectivity index (χ0) is 33.3. The number of rotatable bonds is 6. The average molecular weight is 684 g/mol. The number of hydrogen-bond donors (Lipinski definition) is 2. The molecule has 1 heterocycles. The van der Waals surface area contributed by atoms with Crippen LogP contribution in [0, 0.1) is 5.41 Å². The van der Waals surface area contributed by atoms with E-state index in [0.717, 1.165) is 0 Å². The van der Waals surface area contributed by atoms with E-state index in [9.17, 15) is 9.59 Å². The van der Waals surface area contributed by atoms with E-state index in [1.165, 1.54) is 0 Å². The number of carbonyl (C=O) groups excluding carboxylic acids is 3. The summed E-state index contributed by atoms with van der Waals surface area (Å²) in [6.07, 6.45) is 3.42. The summed E-state index contributed by atoms with van der Waals surface area (Å²) in [5.41, 5.74) is 0.986. The molecule has 1 aliphatic carbocycles. The zero-order valence-electron chi connectivity index (χ0n) is 25.3. The number of halogens is 2. The molecule has 0 radical (unpaired) electrons. The molecule has 2 atom stereocenters. The first-order valence-electron chi connectivity index (χ1n) is 14.6. The fourth-order valence-electron chi connectivity index (χ4n) is 6.41. The molecule has 1 saturated heterocycles. The van der Waals surface area contributed by atoms with Crippen molar-refractivity contribution in [1.29, 1.82) is 0 Å². The SMILES string of the molecule is COc1ccc(C2/C(=C\c3ccc(Cl)cc3)C(=O)/C(=C/c3ccc(Cl)cc3)C(c3ccc(OC)cc3)C23C(=O)NC(=S)NC3=O)cc1. The van der Waals surface area contributed by atoms with E-state index in [1.807, 2.05) is 0 Å². The molecular formula is C37H28Cl2N2O5S. The van der Waals surface area contributed by atoms with Crippen LogP contribution in [0.4, 0.5) is 0 Å². The minimum Gasteiger partial charge on any atom is -0.497 e. The van der Waals surface area contributed by atoms with Crippen LogP contribution in [0.2, 0.25) is 10.0 Å². The standard InChI is InChI=1S/C37H28Cl2N2O5S/c1-45-27-15-7-23(8-16-27)31-29(19-21-3-11-25(38)12-4-21)33(42)30(20-22-5-13-26(39)14-6-22)32(24-9-17-28(46-2)18-10-24)37(31)34(43)40-36(47)41-35(37)44/h3-20,31-32H,1-2H3,(H2,40,41,43,44,47)/b29-19+,30-20+. The topological polar surface area (TPSA) is 93.7 Å². The second kappa shape index (κ2) is 13.2. The Balaban J connectivity index is 1.73. The number of amides is 2. The lowest BCUT2D eigenvalue weighted by Gasteiger charge is -2.50. The van der Waals surface area contributed by atoms with Crippen molar-refractivity contribution >= 4 is 70.3 Å². The second-order valence-electron chi connectivity index (χ2n) is 11.2. The highest BCUT2D eigenvalue weighted by molar-refractivity contribution is 7.80. The summed E-state index contributed by atoms with van der Waals surface area (Å²) in [6, 6.07) is 27.9. The minimum atomic E-state index is -1.92. The quantitative estimate of drug-likeness (QED) is 0.128. The van der Waals surface area contributed by atoms with Crippen LogP contribution in [-0.2, 0) is 14.4 Å². The monoisotopic (exact) mass is 682 g/mol. The molecule has 2 aliphatic rings. The molecule has 10 heteroatoms. The number of benzene rings is 4. The van der Waals surface area contributed by atoms with E-state index in [-0.39, 0.29) is 22.0 Å². The van der Waals surface area contributed by atoms with Crippen molar-refractivity contribution in [2.24, 2.45) is 5.41 Å². The summed E-state index contributed by atoms with van der Waals surface area (Å²) in [6.45, 7) is 0. The summed E-state index contributed by atoms with van der Waals surface area (Å²) < 4.78 is 10.8. The zero-order valence-corrected chi connectivity index (χ0v) is 27.6. The number of carbonyl (C=O) groups is 3. The smallest absolute Gasteiger partial charge is 0.243 e. The number of ether oxygens (including phenoxy) is 2. The summed E-state index contributed by atoms with van der Waals surface area (Å²) in [5.74, 6) is -2.59. The lowest BCUT2D eigenvalue weighted by molar-refractivity contribution is -0.147. The molecule has 1 saturated carbocycles. The van der Waals surface area contributed by atoms with Crippen LogP contribution < -0.4 is 20.1 Å². The normalized spacial score (nSPS) is 20.7. The van der Waals surface area contributed by atoms with E-state index in [1.54, 1.807) is 123 Å². The van der Waals surface area contributed by atoms with Crippen molar-refractivity contribution < 1.29 is 23.9 Å². The van der Waals surface area contributed by atoms with Crippen LogP contribution in [-0.4, -0.2) is 36.9 Å². The van der Waals surface area contributed by atoms with Gasteiger partial charge in [0.25, 0.3) is 0 Å². The van der Waals surface area contributed by atoms with Crippen LogP contribution in [0.15, 0.2) is 108 Å². The third-order valence-corrected chi connectivity index (χ3v) is 9.25. The summed E-state index contributed by atoms with van der Waals surface area (Å²) in [7, 11) is 3.09. The van der Waals surface area contributed by atoms with Gasteiger partial charge in [-0.05, 0) is 95.2 Å². The van der Waals surface area contributed by atoms with Gasteiger partial charge in [-0.15, -0.1) is 0 Å². The van der Waals surface area contributed by atoms with Gasteiger partial charge in [-0.25, -0.2) is 0 Å². The average Bonchev–Trinajstić information content (AvgIpc) is 3.07. The summed E-state index contributed by atoms with van der Waals surface area (Å²) in [4.78, 5) is 44.4. The number of thiocarbonyl (C=S) groups is 1. The predicted molar refractivity (Wildman–Crippen MR) is 187 cm³/mol. The summed E-state index contributed by atoms with van der Waals surface area (Å²) >= 11 is 17.7. The van der Waals surface area contributed by atoms with Crippen molar-refractivity contribution in [2.45, 2.75) is 11.8 Å². The number of Topliss-reactive ketones (excluding diaryl/α,β-unsaturated/α-hetero) is 1. The fourth-order valence-corrected chi connectivity index (χ4v) is 6.85. The van der Waals surface area contributed by atoms with E-state index in [0.29, 0.717) is 43.8 Å². The number of hydrogen-bond acceptors (Lipinski definition) is 6. The maximum Gasteiger partial charge on any atom is 0.243 e. The molecule has 47 heavy (non-hydrogen) atoms. The lowest BCUT2D eigenvalue weighted by Crippen LogP contribution is -2.68. The molecular weight excluding hydrogens is 655 g/mol.